The molecule has 0 unspecified atom stereocenters. The second-order valence-electron chi connectivity index (χ2n) is 8.19. The molecule has 162 valence electrons. The number of hydrogen-bond acceptors (Lipinski definition) is 8. The second kappa shape index (κ2) is 8.46. The highest BCUT2D eigenvalue weighted by atomic mass is 16.5. The number of piperidine rings is 1. The zero-order valence-electron chi connectivity index (χ0n) is 17.3. The van der Waals surface area contributed by atoms with Crippen LogP contribution in [0.4, 0.5) is 5.82 Å². The summed E-state index contributed by atoms with van der Waals surface area (Å²) in [6.07, 6.45) is 8.99. The lowest BCUT2D eigenvalue weighted by molar-refractivity contribution is -0.122. The van der Waals surface area contributed by atoms with Crippen molar-refractivity contribution in [3.05, 3.63) is 42.4 Å². The summed E-state index contributed by atoms with van der Waals surface area (Å²) in [5.74, 6) is 2.77. The molecule has 2 aliphatic rings. The van der Waals surface area contributed by atoms with Crippen LogP contribution in [0.5, 0.6) is 0 Å². The van der Waals surface area contributed by atoms with Crippen molar-refractivity contribution in [1.82, 2.24) is 30.0 Å². The standard InChI is InChI=1S/C21H26N8O2/c22-19(30)14-5-10-28(11-6-14)18-4-3-15(12-25-18)20-26-21(31-27-20)16-2-1-9-29(16)13-17-23-7-8-24-17/h3-4,7-8,12,14,16H,1-2,5-6,9-11,13H2,(H2,22,30)(H,23,24)/t16-/m0/s1. The van der Waals surface area contributed by atoms with Crippen LogP contribution in [-0.2, 0) is 11.3 Å². The summed E-state index contributed by atoms with van der Waals surface area (Å²) in [5, 5.41) is 4.19. The Labute approximate surface area is 179 Å². The topological polar surface area (TPSA) is 130 Å². The highest BCUT2D eigenvalue weighted by Gasteiger charge is 2.31. The number of hydrogen-bond donors (Lipinski definition) is 2. The lowest BCUT2D eigenvalue weighted by Crippen LogP contribution is -2.38. The Morgan fingerprint density at radius 2 is 2.06 bits per heavy atom. The van der Waals surface area contributed by atoms with Crippen LogP contribution in [0, 0.1) is 5.92 Å². The number of aromatic amines is 1. The normalized spacial score (nSPS) is 20.4. The van der Waals surface area contributed by atoms with Crippen LogP contribution in [0.2, 0.25) is 0 Å². The predicted molar refractivity (Wildman–Crippen MR) is 113 cm³/mol. The van der Waals surface area contributed by atoms with Crippen LogP contribution >= 0.6 is 0 Å². The van der Waals surface area contributed by atoms with Crippen molar-refractivity contribution >= 4 is 11.7 Å². The van der Waals surface area contributed by atoms with Crippen LogP contribution in [0.3, 0.4) is 0 Å². The van der Waals surface area contributed by atoms with Crippen molar-refractivity contribution in [2.24, 2.45) is 11.7 Å². The molecule has 3 N–H and O–H groups in total. The zero-order valence-corrected chi connectivity index (χ0v) is 17.3. The zero-order chi connectivity index (χ0) is 21.2. The molecule has 0 aromatic carbocycles. The molecule has 5 rings (SSSR count). The number of imidazole rings is 1. The van der Waals surface area contributed by atoms with Gasteiger partial charge >= 0.3 is 0 Å². The summed E-state index contributed by atoms with van der Waals surface area (Å²) >= 11 is 0. The van der Waals surface area contributed by atoms with E-state index in [2.05, 4.69) is 34.9 Å². The average molecular weight is 422 g/mol. The Hall–Kier alpha value is -3.27. The SMILES string of the molecule is NC(=O)C1CCN(c2ccc(-c3noc([C@@H]4CCCN4Cc4ncc[nH]4)n3)cn2)CC1. The fraction of sp³-hybridized carbons (Fsp3) is 0.476. The van der Waals surface area contributed by atoms with Gasteiger partial charge in [0.15, 0.2) is 0 Å². The minimum atomic E-state index is -0.208. The van der Waals surface area contributed by atoms with E-state index in [1.54, 1.807) is 12.4 Å². The Morgan fingerprint density at radius 3 is 2.77 bits per heavy atom. The molecule has 31 heavy (non-hydrogen) atoms. The van der Waals surface area contributed by atoms with Crippen LogP contribution in [0.1, 0.15) is 43.4 Å². The van der Waals surface area contributed by atoms with Gasteiger partial charge in [0.1, 0.15) is 11.6 Å². The molecule has 0 spiro atoms. The average Bonchev–Trinajstić information content (AvgIpc) is 3.56. The van der Waals surface area contributed by atoms with Crippen LogP contribution in [0.15, 0.2) is 35.2 Å². The van der Waals surface area contributed by atoms with E-state index in [1.165, 1.54) is 0 Å². The van der Waals surface area contributed by atoms with E-state index in [1.807, 2.05) is 18.3 Å². The van der Waals surface area contributed by atoms with Gasteiger partial charge < -0.3 is 20.1 Å². The summed E-state index contributed by atoms with van der Waals surface area (Å²) in [4.78, 5) is 32.6. The molecular weight excluding hydrogens is 396 g/mol. The van der Waals surface area contributed by atoms with Crippen molar-refractivity contribution < 1.29 is 9.32 Å². The number of primary amides is 1. The molecule has 5 heterocycles. The van der Waals surface area contributed by atoms with Crippen molar-refractivity contribution in [2.75, 3.05) is 24.5 Å². The number of nitrogens with one attached hydrogen (secondary N) is 1. The quantitative estimate of drug-likeness (QED) is 0.616. The monoisotopic (exact) mass is 422 g/mol. The van der Waals surface area contributed by atoms with Crippen molar-refractivity contribution in [2.45, 2.75) is 38.3 Å². The van der Waals surface area contributed by atoms with Crippen LogP contribution < -0.4 is 10.6 Å². The number of pyridine rings is 1. The maximum absolute atomic E-state index is 11.4. The highest BCUT2D eigenvalue weighted by Crippen LogP contribution is 2.33. The van der Waals surface area contributed by atoms with E-state index in [0.717, 1.165) is 69.1 Å². The molecule has 2 fully saturated rings. The lowest BCUT2D eigenvalue weighted by atomic mass is 9.96. The van der Waals surface area contributed by atoms with Gasteiger partial charge in [-0.3, -0.25) is 9.69 Å². The van der Waals surface area contributed by atoms with E-state index in [9.17, 15) is 4.79 Å². The van der Waals surface area contributed by atoms with Crippen molar-refractivity contribution in [3.63, 3.8) is 0 Å². The molecule has 0 aliphatic carbocycles. The highest BCUT2D eigenvalue weighted by molar-refractivity contribution is 5.77. The summed E-state index contributed by atoms with van der Waals surface area (Å²) in [7, 11) is 0. The first kappa shape index (κ1) is 19.7. The minimum absolute atomic E-state index is 0.0313. The summed E-state index contributed by atoms with van der Waals surface area (Å²) in [6.45, 7) is 3.27. The largest absolute Gasteiger partial charge is 0.369 e. The van der Waals surface area contributed by atoms with E-state index in [-0.39, 0.29) is 17.9 Å². The number of carbonyl (C=O) groups is 1. The number of nitrogens with zero attached hydrogens (tertiary/aromatic N) is 6. The Kier molecular flexibility index (Phi) is 5.37. The third-order valence-corrected chi connectivity index (χ3v) is 6.23. The summed E-state index contributed by atoms with van der Waals surface area (Å²) < 4.78 is 5.62. The smallest absolute Gasteiger partial charge is 0.244 e. The van der Waals surface area contributed by atoms with E-state index >= 15 is 0 Å². The number of H-pyrrole nitrogens is 1. The van der Waals surface area contributed by atoms with Gasteiger partial charge in [0, 0.05) is 43.2 Å². The molecule has 1 atom stereocenters. The van der Waals surface area contributed by atoms with Gasteiger partial charge in [0.2, 0.25) is 17.6 Å². The molecule has 2 aliphatic heterocycles. The molecular formula is C21H26N8O2. The first-order valence-corrected chi connectivity index (χ1v) is 10.7. The van der Waals surface area contributed by atoms with Gasteiger partial charge in [-0.05, 0) is 44.4 Å². The second-order valence-corrected chi connectivity index (χ2v) is 8.19. The first-order chi connectivity index (χ1) is 15.2. The fourth-order valence-electron chi connectivity index (χ4n) is 4.46. The molecule has 10 nitrogen and oxygen atoms in total. The maximum Gasteiger partial charge on any atom is 0.244 e. The molecule has 0 bridgehead atoms. The number of anilines is 1. The number of rotatable bonds is 6. The molecule has 2 saturated heterocycles. The van der Waals surface area contributed by atoms with Gasteiger partial charge in [0.05, 0.1) is 12.6 Å². The van der Waals surface area contributed by atoms with E-state index in [0.29, 0.717) is 11.7 Å². The van der Waals surface area contributed by atoms with Gasteiger partial charge in [-0.2, -0.15) is 4.98 Å². The van der Waals surface area contributed by atoms with Gasteiger partial charge in [-0.1, -0.05) is 5.16 Å². The molecule has 0 radical (unpaired) electrons. The predicted octanol–water partition coefficient (Wildman–Crippen LogP) is 1.89. The summed E-state index contributed by atoms with van der Waals surface area (Å²) in [6, 6.07) is 4.03. The maximum atomic E-state index is 11.4. The van der Waals surface area contributed by atoms with Crippen LogP contribution in [0.25, 0.3) is 11.4 Å². The third kappa shape index (κ3) is 4.15. The number of carbonyl (C=O) groups excluding carboxylic acids is 1. The van der Waals surface area contributed by atoms with Crippen LogP contribution in [-0.4, -0.2) is 55.5 Å². The lowest BCUT2D eigenvalue weighted by Gasteiger charge is -2.31. The first-order valence-electron chi connectivity index (χ1n) is 10.7. The van der Waals surface area contributed by atoms with Gasteiger partial charge in [-0.15, -0.1) is 0 Å². The molecule has 1 amide bonds. The number of nitrogens with two attached hydrogens (primary N) is 1. The van der Waals surface area contributed by atoms with Crippen molar-refractivity contribution in [1.29, 1.82) is 0 Å². The Bertz CT molecular complexity index is 1010. The third-order valence-electron chi connectivity index (χ3n) is 6.23. The molecule has 3 aromatic heterocycles. The fourth-order valence-corrected chi connectivity index (χ4v) is 4.46. The summed E-state index contributed by atoms with van der Waals surface area (Å²) in [5.41, 5.74) is 6.24. The molecule has 0 saturated carbocycles. The number of aromatic nitrogens is 5. The molecule has 3 aromatic rings. The molecule has 10 heteroatoms. The Morgan fingerprint density at radius 1 is 1.19 bits per heavy atom. The van der Waals surface area contributed by atoms with Gasteiger partial charge in [-0.25, -0.2) is 9.97 Å². The number of likely N-dealkylation sites (tertiary alicyclic amines) is 1. The minimum Gasteiger partial charge on any atom is -0.369 e. The Balaban J connectivity index is 1.25. The van der Waals surface area contributed by atoms with Crippen molar-refractivity contribution in [3.8, 4) is 11.4 Å². The van der Waals surface area contributed by atoms with E-state index < -0.39 is 0 Å². The van der Waals surface area contributed by atoms with Gasteiger partial charge in [0.25, 0.3) is 0 Å². The number of amides is 1. The van der Waals surface area contributed by atoms with E-state index in [4.69, 9.17) is 10.3 Å².